The van der Waals surface area contributed by atoms with Gasteiger partial charge in [0.15, 0.2) is 0 Å². The van der Waals surface area contributed by atoms with Crippen LogP contribution in [0, 0.1) is 5.82 Å². The van der Waals surface area contributed by atoms with Gasteiger partial charge in [-0.2, -0.15) is 0 Å². The quantitative estimate of drug-likeness (QED) is 0.940. The fourth-order valence-corrected chi connectivity index (χ4v) is 1.67. The number of aromatic nitrogens is 1. The molecular weight excluding hydrogens is 271 g/mol. The number of carbonyl (C=O) groups is 1. The molecule has 1 amide bonds. The molecule has 2 aromatic rings. The van der Waals surface area contributed by atoms with E-state index < -0.39 is 11.7 Å². The summed E-state index contributed by atoms with van der Waals surface area (Å²) in [5, 5.41) is 2.76. The van der Waals surface area contributed by atoms with E-state index in [4.69, 9.17) is 16.3 Å². The van der Waals surface area contributed by atoms with Gasteiger partial charge in [0.2, 0.25) is 5.88 Å². The van der Waals surface area contributed by atoms with Gasteiger partial charge in [-0.05, 0) is 30.3 Å². The Balaban J connectivity index is 2.26. The number of hydrogen-bond donors (Lipinski definition) is 1. The van der Waals surface area contributed by atoms with Crippen LogP contribution in [0.2, 0.25) is 5.02 Å². The minimum absolute atomic E-state index is 0.102. The summed E-state index contributed by atoms with van der Waals surface area (Å²) in [7, 11) is 1.43. The molecule has 0 unspecified atom stereocenters. The number of ether oxygens (including phenoxy) is 1. The second-order valence-electron chi connectivity index (χ2n) is 3.64. The molecule has 0 saturated carbocycles. The van der Waals surface area contributed by atoms with E-state index in [-0.39, 0.29) is 16.5 Å². The standard InChI is InChI=1S/C13H10ClFN2O2/c1-19-13-11(3-2-6-16-13)17-12(18)9-5-4-8(14)7-10(9)15/h2-7H,1H3,(H,17,18). The minimum Gasteiger partial charge on any atom is -0.480 e. The molecule has 0 aliphatic heterocycles. The first-order chi connectivity index (χ1) is 9.11. The smallest absolute Gasteiger partial charge is 0.258 e. The summed E-state index contributed by atoms with van der Waals surface area (Å²) >= 11 is 5.63. The van der Waals surface area contributed by atoms with Crippen LogP contribution in [0.5, 0.6) is 5.88 Å². The molecule has 0 spiro atoms. The van der Waals surface area contributed by atoms with E-state index >= 15 is 0 Å². The number of nitrogens with zero attached hydrogens (tertiary/aromatic N) is 1. The van der Waals surface area contributed by atoms with Crippen molar-refractivity contribution in [1.82, 2.24) is 4.98 Å². The summed E-state index contributed by atoms with van der Waals surface area (Å²) in [6.45, 7) is 0. The van der Waals surface area contributed by atoms with Gasteiger partial charge in [-0.15, -0.1) is 0 Å². The Morgan fingerprint density at radius 2 is 2.21 bits per heavy atom. The highest BCUT2D eigenvalue weighted by Gasteiger charge is 2.14. The summed E-state index contributed by atoms with van der Waals surface area (Å²) in [4.78, 5) is 15.9. The summed E-state index contributed by atoms with van der Waals surface area (Å²) in [6.07, 6.45) is 1.53. The predicted molar refractivity (Wildman–Crippen MR) is 70.2 cm³/mol. The zero-order valence-corrected chi connectivity index (χ0v) is 10.7. The molecule has 4 nitrogen and oxygen atoms in total. The highest BCUT2D eigenvalue weighted by atomic mass is 35.5. The molecule has 0 saturated heterocycles. The number of pyridine rings is 1. The molecule has 1 aromatic carbocycles. The SMILES string of the molecule is COc1ncccc1NC(=O)c1ccc(Cl)cc1F. The molecule has 1 heterocycles. The molecule has 0 aliphatic carbocycles. The van der Waals surface area contributed by atoms with Crippen LogP contribution >= 0.6 is 11.6 Å². The molecule has 1 aromatic heterocycles. The number of anilines is 1. The molecular formula is C13H10ClFN2O2. The van der Waals surface area contributed by atoms with Crippen LogP contribution in [0.1, 0.15) is 10.4 Å². The molecule has 0 fully saturated rings. The maximum Gasteiger partial charge on any atom is 0.258 e. The van der Waals surface area contributed by atoms with Crippen molar-refractivity contribution in [3.05, 3.63) is 52.9 Å². The minimum atomic E-state index is -0.687. The Morgan fingerprint density at radius 1 is 1.42 bits per heavy atom. The van der Waals surface area contributed by atoms with Gasteiger partial charge in [0.25, 0.3) is 5.91 Å². The van der Waals surface area contributed by atoms with Crippen molar-refractivity contribution in [3.63, 3.8) is 0 Å². The average molecular weight is 281 g/mol. The third-order valence-electron chi connectivity index (χ3n) is 2.39. The third kappa shape index (κ3) is 3.00. The van der Waals surface area contributed by atoms with Gasteiger partial charge in [-0.25, -0.2) is 9.37 Å². The highest BCUT2D eigenvalue weighted by molar-refractivity contribution is 6.30. The van der Waals surface area contributed by atoms with E-state index in [0.29, 0.717) is 5.69 Å². The average Bonchev–Trinajstić information content (AvgIpc) is 2.39. The van der Waals surface area contributed by atoms with Crippen LogP contribution in [0.25, 0.3) is 0 Å². The molecule has 6 heteroatoms. The molecule has 1 N–H and O–H groups in total. The van der Waals surface area contributed by atoms with Crippen LogP contribution < -0.4 is 10.1 Å². The Bertz CT molecular complexity index is 619. The number of rotatable bonds is 3. The monoisotopic (exact) mass is 280 g/mol. The molecule has 0 atom stereocenters. The van der Waals surface area contributed by atoms with Crippen LogP contribution in [-0.4, -0.2) is 18.0 Å². The Hall–Kier alpha value is -2.14. The van der Waals surface area contributed by atoms with Crippen molar-refractivity contribution < 1.29 is 13.9 Å². The first kappa shape index (κ1) is 13.3. The van der Waals surface area contributed by atoms with Crippen molar-refractivity contribution in [2.75, 3.05) is 12.4 Å². The molecule has 0 bridgehead atoms. The van der Waals surface area contributed by atoms with Gasteiger partial charge in [0.1, 0.15) is 11.5 Å². The van der Waals surface area contributed by atoms with Crippen LogP contribution in [0.4, 0.5) is 10.1 Å². The van der Waals surface area contributed by atoms with E-state index in [0.717, 1.165) is 6.07 Å². The molecule has 0 aliphatic rings. The molecule has 19 heavy (non-hydrogen) atoms. The first-order valence-corrected chi connectivity index (χ1v) is 5.75. The van der Waals surface area contributed by atoms with Gasteiger partial charge < -0.3 is 10.1 Å². The number of nitrogens with one attached hydrogen (secondary N) is 1. The predicted octanol–water partition coefficient (Wildman–Crippen LogP) is 3.14. The lowest BCUT2D eigenvalue weighted by Crippen LogP contribution is -2.14. The van der Waals surface area contributed by atoms with Gasteiger partial charge in [0.05, 0.1) is 12.7 Å². The van der Waals surface area contributed by atoms with E-state index in [1.54, 1.807) is 12.1 Å². The Kier molecular flexibility index (Phi) is 3.97. The lowest BCUT2D eigenvalue weighted by molar-refractivity contribution is 0.102. The van der Waals surface area contributed by atoms with Crippen molar-refractivity contribution in [2.24, 2.45) is 0 Å². The number of methoxy groups -OCH3 is 1. The van der Waals surface area contributed by atoms with Gasteiger partial charge in [-0.3, -0.25) is 4.79 Å². The van der Waals surface area contributed by atoms with E-state index in [9.17, 15) is 9.18 Å². The summed E-state index contributed by atoms with van der Waals surface area (Å²) in [5.41, 5.74) is 0.264. The maximum atomic E-state index is 13.6. The van der Waals surface area contributed by atoms with Gasteiger partial charge in [-0.1, -0.05) is 11.6 Å². The second-order valence-corrected chi connectivity index (χ2v) is 4.07. The second kappa shape index (κ2) is 5.67. The molecule has 0 radical (unpaired) electrons. The van der Waals surface area contributed by atoms with Crippen LogP contribution in [0.3, 0.4) is 0 Å². The van der Waals surface area contributed by atoms with Gasteiger partial charge in [0, 0.05) is 11.2 Å². The topological polar surface area (TPSA) is 51.2 Å². The Labute approximate surface area is 114 Å². The summed E-state index contributed by atoms with van der Waals surface area (Å²) in [5.74, 6) is -1.03. The number of carbonyl (C=O) groups excluding carboxylic acids is 1. The van der Waals surface area contributed by atoms with Crippen LogP contribution in [-0.2, 0) is 0 Å². The summed E-state index contributed by atoms with van der Waals surface area (Å²) < 4.78 is 18.6. The molecule has 98 valence electrons. The normalized spacial score (nSPS) is 10.1. The maximum absolute atomic E-state index is 13.6. The lowest BCUT2D eigenvalue weighted by atomic mass is 10.2. The number of hydrogen-bond acceptors (Lipinski definition) is 3. The lowest BCUT2D eigenvalue weighted by Gasteiger charge is -2.09. The Morgan fingerprint density at radius 3 is 2.89 bits per heavy atom. The molecule has 2 rings (SSSR count). The zero-order chi connectivity index (χ0) is 13.8. The van der Waals surface area contributed by atoms with E-state index in [1.165, 1.54) is 25.4 Å². The van der Waals surface area contributed by atoms with Crippen molar-refractivity contribution in [1.29, 1.82) is 0 Å². The summed E-state index contributed by atoms with van der Waals surface area (Å²) in [6, 6.07) is 7.08. The number of halogens is 2. The van der Waals surface area contributed by atoms with Crippen molar-refractivity contribution in [2.45, 2.75) is 0 Å². The van der Waals surface area contributed by atoms with Gasteiger partial charge >= 0.3 is 0 Å². The first-order valence-electron chi connectivity index (χ1n) is 5.37. The van der Waals surface area contributed by atoms with E-state index in [2.05, 4.69) is 10.3 Å². The fraction of sp³-hybridized carbons (Fsp3) is 0.0769. The highest BCUT2D eigenvalue weighted by Crippen LogP contribution is 2.22. The zero-order valence-electron chi connectivity index (χ0n) is 9.98. The third-order valence-corrected chi connectivity index (χ3v) is 2.62. The van der Waals surface area contributed by atoms with Crippen molar-refractivity contribution >= 4 is 23.2 Å². The van der Waals surface area contributed by atoms with Crippen LogP contribution in [0.15, 0.2) is 36.5 Å². The van der Waals surface area contributed by atoms with Crippen molar-refractivity contribution in [3.8, 4) is 5.88 Å². The largest absolute Gasteiger partial charge is 0.480 e. The fourth-order valence-electron chi connectivity index (χ4n) is 1.51. The van der Waals surface area contributed by atoms with E-state index in [1.807, 2.05) is 0 Å². The number of amides is 1. The number of benzene rings is 1.